The minimum atomic E-state index is -0.731. The maximum atomic E-state index is 13.3. The van der Waals surface area contributed by atoms with Crippen molar-refractivity contribution in [2.24, 2.45) is 0 Å². The number of nitrogens with one attached hydrogen (secondary N) is 1. The van der Waals surface area contributed by atoms with E-state index in [1.165, 1.54) is 0 Å². The number of ether oxygens (including phenoxy) is 1. The summed E-state index contributed by atoms with van der Waals surface area (Å²) in [5, 5.41) is 9.33. The SMILES string of the molecule is Cc1cc(-c2ccccc2COc2cc(F)cc(F)c2)c(C#N)c(=O)[nH]1. The molecule has 3 aromatic rings. The van der Waals surface area contributed by atoms with Gasteiger partial charge in [-0.25, -0.2) is 8.78 Å². The lowest BCUT2D eigenvalue weighted by molar-refractivity contribution is 0.303. The third-order valence-electron chi connectivity index (χ3n) is 3.82. The van der Waals surface area contributed by atoms with Crippen LogP contribution < -0.4 is 10.3 Å². The van der Waals surface area contributed by atoms with E-state index < -0.39 is 17.2 Å². The number of aryl methyl sites for hydroxylation is 1. The van der Waals surface area contributed by atoms with Crippen LogP contribution in [0.5, 0.6) is 5.75 Å². The fraction of sp³-hybridized carbons (Fsp3) is 0.100. The molecule has 1 heterocycles. The molecule has 1 aromatic heterocycles. The average Bonchev–Trinajstić information content (AvgIpc) is 2.59. The molecule has 0 saturated heterocycles. The van der Waals surface area contributed by atoms with E-state index in [-0.39, 0.29) is 17.9 Å². The van der Waals surface area contributed by atoms with E-state index in [1.54, 1.807) is 37.3 Å². The lowest BCUT2D eigenvalue weighted by Gasteiger charge is -2.13. The summed E-state index contributed by atoms with van der Waals surface area (Å²) in [4.78, 5) is 14.6. The van der Waals surface area contributed by atoms with Crippen molar-refractivity contribution in [2.45, 2.75) is 13.5 Å². The highest BCUT2D eigenvalue weighted by molar-refractivity contribution is 5.73. The van der Waals surface area contributed by atoms with Gasteiger partial charge in [0.05, 0.1) is 0 Å². The van der Waals surface area contributed by atoms with Crippen LogP contribution in [0.4, 0.5) is 8.78 Å². The van der Waals surface area contributed by atoms with Gasteiger partial charge in [-0.1, -0.05) is 24.3 Å². The highest BCUT2D eigenvalue weighted by Crippen LogP contribution is 2.27. The quantitative estimate of drug-likeness (QED) is 0.769. The number of aromatic amines is 1. The molecule has 4 nitrogen and oxygen atoms in total. The number of nitriles is 1. The Morgan fingerprint density at radius 1 is 1.08 bits per heavy atom. The van der Waals surface area contributed by atoms with E-state index in [1.807, 2.05) is 6.07 Å². The first kappa shape index (κ1) is 17.4. The molecule has 26 heavy (non-hydrogen) atoms. The Balaban J connectivity index is 2.00. The number of hydrogen-bond donors (Lipinski definition) is 1. The number of aromatic nitrogens is 1. The summed E-state index contributed by atoms with van der Waals surface area (Å²) in [6.45, 7) is 1.75. The molecule has 0 saturated carbocycles. The van der Waals surface area contributed by atoms with E-state index in [2.05, 4.69) is 4.98 Å². The molecule has 1 N–H and O–H groups in total. The fourth-order valence-corrected chi connectivity index (χ4v) is 2.69. The third kappa shape index (κ3) is 3.62. The van der Waals surface area contributed by atoms with Gasteiger partial charge >= 0.3 is 0 Å². The Hall–Kier alpha value is -3.46. The first-order valence-corrected chi connectivity index (χ1v) is 7.79. The number of pyridine rings is 1. The molecule has 3 rings (SSSR count). The van der Waals surface area contributed by atoms with Crippen LogP contribution >= 0.6 is 0 Å². The van der Waals surface area contributed by atoms with Crippen molar-refractivity contribution < 1.29 is 13.5 Å². The molecule has 0 radical (unpaired) electrons. The number of H-pyrrole nitrogens is 1. The van der Waals surface area contributed by atoms with E-state index in [0.717, 1.165) is 18.2 Å². The monoisotopic (exact) mass is 352 g/mol. The number of nitrogens with zero attached hydrogens (tertiary/aromatic N) is 1. The zero-order chi connectivity index (χ0) is 18.7. The molecule has 0 aliphatic heterocycles. The van der Waals surface area contributed by atoms with Crippen molar-refractivity contribution in [3.63, 3.8) is 0 Å². The summed E-state index contributed by atoms with van der Waals surface area (Å²) in [7, 11) is 0. The highest BCUT2D eigenvalue weighted by atomic mass is 19.1. The Morgan fingerprint density at radius 2 is 1.77 bits per heavy atom. The Kier molecular flexibility index (Phi) is 4.81. The molecular formula is C20H14F2N2O2. The van der Waals surface area contributed by atoms with Crippen LogP contribution in [0.15, 0.2) is 53.3 Å². The molecule has 0 aliphatic carbocycles. The van der Waals surface area contributed by atoms with Gasteiger partial charge < -0.3 is 9.72 Å². The second-order valence-electron chi connectivity index (χ2n) is 5.73. The van der Waals surface area contributed by atoms with E-state index in [0.29, 0.717) is 22.4 Å². The van der Waals surface area contributed by atoms with Crippen LogP contribution in [0.3, 0.4) is 0 Å². The topological polar surface area (TPSA) is 65.9 Å². The Morgan fingerprint density at radius 3 is 2.46 bits per heavy atom. The molecule has 0 amide bonds. The van der Waals surface area contributed by atoms with Gasteiger partial charge in [-0.15, -0.1) is 0 Å². The summed E-state index contributed by atoms with van der Waals surface area (Å²) in [5.74, 6) is -1.41. The molecule has 0 spiro atoms. The largest absolute Gasteiger partial charge is 0.489 e. The first-order chi connectivity index (χ1) is 12.5. The summed E-state index contributed by atoms with van der Waals surface area (Å²) < 4.78 is 32.1. The maximum absolute atomic E-state index is 13.3. The standard InChI is InChI=1S/C20H14F2N2O2/c1-12-6-18(19(10-23)20(25)24-12)17-5-3-2-4-13(17)11-26-16-8-14(21)7-15(22)9-16/h2-9H,11H2,1H3,(H,24,25). The van der Waals surface area contributed by atoms with Crippen LogP contribution in [0, 0.1) is 29.9 Å². The molecule has 6 heteroatoms. The summed E-state index contributed by atoms with van der Waals surface area (Å²) in [5.41, 5.74) is 1.96. The van der Waals surface area contributed by atoms with Crippen LogP contribution in [0.25, 0.3) is 11.1 Å². The van der Waals surface area contributed by atoms with E-state index in [9.17, 15) is 18.8 Å². The highest BCUT2D eigenvalue weighted by Gasteiger charge is 2.14. The van der Waals surface area contributed by atoms with Crippen molar-refractivity contribution in [2.75, 3.05) is 0 Å². The second-order valence-corrected chi connectivity index (χ2v) is 5.73. The number of benzene rings is 2. The number of hydrogen-bond acceptors (Lipinski definition) is 3. The molecular weight excluding hydrogens is 338 g/mol. The van der Waals surface area contributed by atoms with Gasteiger partial charge in [0, 0.05) is 29.5 Å². The van der Waals surface area contributed by atoms with Crippen LogP contribution in [0.1, 0.15) is 16.8 Å². The zero-order valence-corrected chi connectivity index (χ0v) is 13.8. The van der Waals surface area contributed by atoms with Crippen molar-refractivity contribution in [3.8, 4) is 22.9 Å². The van der Waals surface area contributed by atoms with E-state index in [4.69, 9.17) is 4.74 Å². The minimum Gasteiger partial charge on any atom is -0.489 e. The lowest BCUT2D eigenvalue weighted by Crippen LogP contribution is -2.13. The van der Waals surface area contributed by atoms with Crippen LogP contribution in [-0.4, -0.2) is 4.98 Å². The van der Waals surface area contributed by atoms with Gasteiger partial charge in [0.2, 0.25) is 0 Å². The lowest BCUT2D eigenvalue weighted by atomic mass is 9.96. The van der Waals surface area contributed by atoms with Crippen molar-refractivity contribution in [3.05, 3.63) is 87.3 Å². The first-order valence-electron chi connectivity index (χ1n) is 7.79. The minimum absolute atomic E-state index is 0.000139. The van der Waals surface area contributed by atoms with Gasteiger partial charge in [-0.05, 0) is 24.1 Å². The molecule has 2 aromatic carbocycles. The summed E-state index contributed by atoms with van der Waals surface area (Å²) in [6, 6.07) is 13.7. The Bertz CT molecular complexity index is 1050. The molecule has 130 valence electrons. The molecule has 0 unspecified atom stereocenters. The van der Waals surface area contributed by atoms with Gasteiger partial charge in [-0.2, -0.15) is 5.26 Å². The molecule has 0 aliphatic rings. The van der Waals surface area contributed by atoms with Crippen LogP contribution in [0.2, 0.25) is 0 Å². The summed E-state index contributed by atoms with van der Waals surface area (Å²) in [6.07, 6.45) is 0. The molecule has 0 atom stereocenters. The van der Waals surface area contributed by atoms with Gasteiger partial charge in [0.1, 0.15) is 35.6 Å². The summed E-state index contributed by atoms with van der Waals surface area (Å²) >= 11 is 0. The third-order valence-corrected chi connectivity index (χ3v) is 3.82. The molecule has 0 fully saturated rings. The fourth-order valence-electron chi connectivity index (χ4n) is 2.69. The van der Waals surface area contributed by atoms with Crippen molar-refractivity contribution in [1.29, 1.82) is 5.26 Å². The number of halogens is 2. The van der Waals surface area contributed by atoms with Gasteiger partial charge in [0.15, 0.2) is 0 Å². The zero-order valence-electron chi connectivity index (χ0n) is 13.8. The predicted octanol–water partition coefficient (Wildman–Crippen LogP) is 4.08. The second kappa shape index (κ2) is 7.19. The average molecular weight is 352 g/mol. The Labute approximate surface area is 148 Å². The molecule has 0 bridgehead atoms. The predicted molar refractivity (Wildman–Crippen MR) is 92.6 cm³/mol. The van der Waals surface area contributed by atoms with Crippen molar-refractivity contribution in [1.82, 2.24) is 4.98 Å². The van der Waals surface area contributed by atoms with Crippen LogP contribution in [-0.2, 0) is 6.61 Å². The van der Waals surface area contributed by atoms with Gasteiger partial charge in [0.25, 0.3) is 5.56 Å². The smallest absolute Gasteiger partial charge is 0.266 e. The van der Waals surface area contributed by atoms with Crippen molar-refractivity contribution >= 4 is 0 Å². The maximum Gasteiger partial charge on any atom is 0.266 e. The van der Waals surface area contributed by atoms with E-state index >= 15 is 0 Å². The van der Waals surface area contributed by atoms with Gasteiger partial charge in [-0.3, -0.25) is 4.79 Å². The number of rotatable bonds is 4. The normalized spacial score (nSPS) is 10.4.